The van der Waals surface area contributed by atoms with E-state index in [0.29, 0.717) is 22.9 Å². The van der Waals surface area contributed by atoms with Crippen LogP contribution in [0.5, 0.6) is 0 Å². The molecular formula is C25H21F3N6O2. The van der Waals surface area contributed by atoms with Gasteiger partial charge in [0.2, 0.25) is 0 Å². The number of morpholine rings is 1. The minimum absolute atomic E-state index is 0.0129. The summed E-state index contributed by atoms with van der Waals surface area (Å²) in [5.74, 6) is 5.81. The minimum Gasteiger partial charge on any atom is -0.384 e. The summed E-state index contributed by atoms with van der Waals surface area (Å²) in [6.07, 6.45) is 1.05. The number of halogens is 3. The number of pyridine rings is 1. The molecule has 8 nitrogen and oxygen atoms in total. The highest BCUT2D eigenvalue weighted by molar-refractivity contribution is 6.09. The lowest BCUT2D eigenvalue weighted by atomic mass is 9.99. The smallest absolute Gasteiger partial charge is 0.384 e. The Kier molecular flexibility index (Phi) is 7.17. The number of nitrogens with two attached hydrogens (primary N) is 1. The Labute approximate surface area is 204 Å². The number of ether oxygens (including phenoxy) is 1. The number of carbonyl (C=O) groups excluding carboxylic acids is 1. The summed E-state index contributed by atoms with van der Waals surface area (Å²) in [6.45, 7) is 1.00. The van der Waals surface area contributed by atoms with Crippen molar-refractivity contribution in [3.63, 3.8) is 0 Å². The Morgan fingerprint density at radius 3 is 2.67 bits per heavy atom. The number of H-pyrrole nitrogens is 1. The van der Waals surface area contributed by atoms with Crippen molar-refractivity contribution in [3.05, 3.63) is 82.6 Å². The van der Waals surface area contributed by atoms with Crippen molar-refractivity contribution in [3.8, 4) is 11.8 Å². The summed E-state index contributed by atoms with van der Waals surface area (Å²) in [6, 6.07) is 6.59. The van der Waals surface area contributed by atoms with Crippen LogP contribution in [0.3, 0.4) is 0 Å². The Hall–Kier alpha value is -4.43. The highest BCUT2D eigenvalue weighted by Gasteiger charge is 2.37. The highest BCUT2D eigenvalue weighted by atomic mass is 19.4. The van der Waals surface area contributed by atoms with E-state index in [4.69, 9.17) is 15.9 Å². The number of rotatable bonds is 4. The topological polar surface area (TPSA) is 121 Å². The first-order chi connectivity index (χ1) is 17.2. The van der Waals surface area contributed by atoms with E-state index in [0.717, 1.165) is 12.1 Å². The molecule has 1 aliphatic rings. The van der Waals surface area contributed by atoms with E-state index in [1.54, 1.807) is 18.3 Å². The van der Waals surface area contributed by atoms with Gasteiger partial charge >= 0.3 is 6.18 Å². The van der Waals surface area contributed by atoms with Gasteiger partial charge in [-0.05, 0) is 42.3 Å². The molecule has 1 saturated heterocycles. The number of alkyl halides is 3. The zero-order chi connectivity index (χ0) is 25.7. The van der Waals surface area contributed by atoms with E-state index < -0.39 is 23.2 Å². The van der Waals surface area contributed by atoms with Crippen molar-refractivity contribution in [2.45, 2.75) is 6.18 Å². The summed E-state index contributed by atoms with van der Waals surface area (Å²) in [4.78, 5) is 25.0. The number of hydrogen-bond acceptors (Lipinski definition) is 6. The molecule has 3 heterocycles. The molecule has 0 saturated carbocycles. The highest BCUT2D eigenvalue weighted by Crippen LogP contribution is 2.33. The van der Waals surface area contributed by atoms with Crippen LogP contribution >= 0.6 is 0 Å². The lowest BCUT2D eigenvalue weighted by molar-refractivity contribution is -0.138. The van der Waals surface area contributed by atoms with Crippen molar-refractivity contribution < 1.29 is 22.7 Å². The first kappa shape index (κ1) is 24.7. The third-order valence-corrected chi connectivity index (χ3v) is 5.29. The molecule has 4 rings (SSSR count). The number of hydrogen-bond donors (Lipinski definition) is 3. The molecule has 184 valence electrons. The quantitative estimate of drug-likeness (QED) is 0.379. The lowest BCUT2D eigenvalue weighted by Gasteiger charge is -2.28. The lowest BCUT2D eigenvalue weighted by Crippen LogP contribution is -2.41. The Morgan fingerprint density at radius 1 is 1.17 bits per heavy atom. The van der Waals surface area contributed by atoms with E-state index in [-0.39, 0.29) is 37.6 Å². The second-order valence-electron chi connectivity index (χ2n) is 7.81. The van der Waals surface area contributed by atoms with Gasteiger partial charge in [-0.1, -0.05) is 12.0 Å². The average molecular weight is 494 g/mol. The van der Waals surface area contributed by atoms with Gasteiger partial charge in [-0.15, -0.1) is 0 Å². The monoisotopic (exact) mass is 494 g/mol. The van der Waals surface area contributed by atoms with E-state index in [1.165, 1.54) is 29.3 Å². The molecule has 1 aliphatic heterocycles. The van der Waals surface area contributed by atoms with Crippen LogP contribution < -0.4 is 5.73 Å². The van der Waals surface area contributed by atoms with Crippen LogP contribution in [-0.2, 0) is 10.9 Å². The van der Waals surface area contributed by atoms with Gasteiger partial charge in [0.25, 0.3) is 5.91 Å². The fraction of sp³-hybridized carbons (Fsp3) is 0.200. The molecule has 2 aromatic heterocycles. The number of amides is 1. The summed E-state index contributed by atoms with van der Waals surface area (Å²) in [5.41, 5.74) is 5.10. The predicted octanol–water partition coefficient (Wildman–Crippen LogP) is 3.36. The summed E-state index contributed by atoms with van der Waals surface area (Å²) in [7, 11) is 0. The van der Waals surface area contributed by atoms with Gasteiger partial charge in [0.05, 0.1) is 36.2 Å². The number of allylic oxidation sites excluding steroid dienone is 1. The number of aromatic nitrogens is 3. The molecule has 4 N–H and O–H groups in total. The summed E-state index contributed by atoms with van der Waals surface area (Å²) < 4.78 is 46.5. The molecule has 11 heteroatoms. The first-order valence-corrected chi connectivity index (χ1v) is 10.8. The summed E-state index contributed by atoms with van der Waals surface area (Å²) >= 11 is 0. The Bertz CT molecular complexity index is 1380. The summed E-state index contributed by atoms with van der Waals surface area (Å²) in [5, 5.41) is 8.22. The maximum atomic E-state index is 13.8. The minimum atomic E-state index is -4.76. The van der Waals surface area contributed by atoms with Gasteiger partial charge in [-0.2, -0.15) is 13.2 Å². The van der Waals surface area contributed by atoms with E-state index in [1.807, 2.05) is 0 Å². The second-order valence-corrected chi connectivity index (χ2v) is 7.81. The van der Waals surface area contributed by atoms with Crippen LogP contribution in [0.2, 0.25) is 0 Å². The van der Waals surface area contributed by atoms with E-state index >= 15 is 0 Å². The van der Waals surface area contributed by atoms with Gasteiger partial charge in [0, 0.05) is 30.4 Å². The number of benzene rings is 1. The molecule has 0 unspecified atom stereocenters. The predicted molar refractivity (Wildman–Crippen MR) is 127 cm³/mol. The molecule has 1 fully saturated rings. The fourth-order valence-corrected chi connectivity index (χ4v) is 3.48. The molecule has 1 aromatic carbocycles. The zero-order valence-electron chi connectivity index (χ0n) is 18.9. The average Bonchev–Trinajstić information content (AvgIpc) is 3.33. The number of imidazole rings is 1. The largest absolute Gasteiger partial charge is 0.417 e. The van der Waals surface area contributed by atoms with Crippen LogP contribution in [0.15, 0.2) is 48.8 Å². The first-order valence-electron chi connectivity index (χ1n) is 10.8. The molecule has 3 aromatic rings. The van der Waals surface area contributed by atoms with Gasteiger partial charge in [0.15, 0.2) is 0 Å². The van der Waals surface area contributed by atoms with Crippen molar-refractivity contribution in [2.75, 3.05) is 32.0 Å². The van der Waals surface area contributed by atoms with Crippen molar-refractivity contribution >= 4 is 23.5 Å². The maximum absolute atomic E-state index is 13.8. The molecule has 0 bridgehead atoms. The molecule has 0 atom stereocenters. The van der Waals surface area contributed by atoms with Gasteiger partial charge in [-0.25, -0.2) is 9.97 Å². The molecule has 0 aliphatic carbocycles. The number of anilines is 1. The van der Waals surface area contributed by atoms with Crippen LogP contribution in [-0.4, -0.2) is 57.8 Å². The normalized spacial score (nSPS) is 13.9. The number of nitrogens with zero attached hydrogens (tertiary/aromatic N) is 3. The van der Waals surface area contributed by atoms with E-state index in [2.05, 4.69) is 26.8 Å². The van der Waals surface area contributed by atoms with Crippen molar-refractivity contribution in [1.29, 1.82) is 5.41 Å². The molecule has 0 radical (unpaired) electrons. The molecule has 0 spiro atoms. The van der Waals surface area contributed by atoms with Crippen LogP contribution in [0.1, 0.15) is 38.6 Å². The van der Waals surface area contributed by atoms with E-state index in [9.17, 15) is 18.0 Å². The van der Waals surface area contributed by atoms with Crippen LogP contribution in [0, 0.1) is 17.3 Å². The van der Waals surface area contributed by atoms with Crippen molar-refractivity contribution in [2.24, 2.45) is 0 Å². The fourth-order valence-electron chi connectivity index (χ4n) is 3.48. The maximum Gasteiger partial charge on any atom is 0.417 e. The standard InChI is InChI=1S/C25H21F3N6O2/c26-25(27,28)20-14-17(2-4-19(20)24(35)34-9-11-36-12-10-34)21(29)5-6-23-32-15-18(33-23)3-1-16-7-8-31-22(30)13-16/h2,4-8,13-15,29H,9-12H2,(H2,30,31)(H,32,33)/b6-5-,29-21?. The second kappa shape index (κ2) is 10.5. The number of carbonyl (C=O) groups is 1. The Morgan fingerprint density at radius 2 is 1.94 bits per heavy atom. The molecule has 36 heavy (non-hydrogen) atoms. The number of nitrogens with one attached hydrogen (secondary N) is 2. The number of nitrogen functional groups attached to an aromatic ring is 1. The van der Waals surface area contributed by atoms with Crippen molar-refractivity contribution in [1.82, 2.24) is 19.9 Å². The third kappa shape index (κ3) is 5.97. The third-order valence-electron chi connectivity index (χ3n) is 5.29. The van der Waals surface area contributed by atoms with Crippen LogP contribution in [0.4, 0.5) is 19.0 Å². The van der Waals surface area contributed by atoms with Gasteiger partial charge < -0.3 is 25.8 Å². The molecule has 1 amide bonds. The zero-order valence-corrected chi connectivity index (χ0v) is 18.9. The van der Waals surface area contributed by atoms with Gasteiger partial charge in [-0.3, -0.25) is 4.79 Å². The number of aromatic amines is 1. The van der Waals surface area contributed by atoms with Gasteiger partial charge in [0.1, 0.15) is 17.3 Å². The Balaban J connectivity index is 1.51. The van der Waals surface area contributed by atoms with Crippen LogP contribution in [0.25, 0.3) is 6.08 Å². The SMILES string of the molecule is N=C(/C=C\c1ncc(C#Cc2ccnc(N)c2)[nH]1)c1ccc(C(=O)N2CCOCC2)c(C(F)(F)F)c1. The molecular weight excluding hydrogens is 473 g/mol.